The van der Waals surface area contributed by atoms with Gasteiger partial charge in [-0.05, 0) is 36.1 Å². The van der Waals surface area contributed by atoms with Gasteiger partial charge in [0, 0.05) is 33.2 Å². The molecule has 0 saturated carbocycles. The van der Waals surface area contributed by atoms with E-state index in [0.29, 0.717) is 13.1 Å². The van der Waals surface area contributed by atoms with Crippen molar-refractivity contribution in [3.63, 3.8) is 0 Å². The van der Waals surface area contributed by atoms with Crippen molar-refractivity contribution in [3.8, 4) is 0 Å². The molecule has 0 bridgehead atoms. The minimum atomic E-state index is -0.169. The van der Waals surface area contributed by atoms with Gasteiger partial charge in [0.1, 0.15) is 5.82 Å². The van der Waals surface area contributed by atoms with E-state index >= 15 is 0 Å². The van der Waals surface area contributed by atoms with Crippen LogP contribution in [0.1, 0.15) is 23.6 Å². The molecule has 1 aromatic carbocycles. The number of amides is 2. The first-order valence-corrected chi connectivity index (χ1v) is 6.55. The van der Waals surface area contributed by atoms with Crippen molar-refractivity contribution in [2.24, 2.45) is 0 Å². The number of carbonyl (C=O) groups is 1. The summed E-state index contributed by atoms with van der Waals surface area (Å²) < 4.78 is 13.1. The normalized spacial score (nSPS) is 17.1. The highest BCUT2D eigenvalue weighted by molar-refractivity contribution is 5.73. The Kier molecular flexibility index (Phi) is 4.37. The minimum absolute atomic E-state index is 0.0873. The van der Waals surface area contributed by atoms with Crippen LogP contribution in [0.2, 0.25) is 0 Å². The zero-order valence-corrected chi connectivity index (χ0v) is 11.4. The van der Waals surface area contributed by atoms with E-state index in [1.165, 1.54) is 16.5 Å². The summed E-state index contributed by atoms with van der Waals surface area (Å²) in [6.07, 6.45) is 1.90. The number of benzene rings is 1. The van der Waals surface area contributed by atoms with Crippen molar-refractivity contribution in [1.29, 1.82) is 0 Å². The Labute approximate surface area is 113 Å². The number of urea groups is 1. The third-order valence-electron chi connectivity index (χ3n) is 3.38. The quantitative estimate of drug-likeness (QED) is 0.813. The molecule has 0 spiro atoms. The molecule has 0 radical (unpaired) electrons. The molecule has 0 aliphatic heterocycles. The van der Waals surface area contributed by atoms with Gasteiger partial charge in [0.05, 0.1) is 0 Å². The molecule has 19 heavy (non-hydrogen) atoms. The third kappa shape index (κ3) is 3.44. The lowest BCUT2D eigenvalue weighted by Crippen LogP contribution is -2.38. The van der Waals surface area contributed by atoms with E-state index in [-0.39, 0.29) is 17.9 Å². The lowest BCUT2D eigenvalue weighted by molar-refractivity contribution is 0.217. The largest absolute Gasteiger partial charge is 0.337 e. The van der Waals surface area contributed by atoms with Crippen LogP contribution in [0.3, 0.4) is 0 Å². The standard InChI is InChI=1S/C14H20FN3O/c1-18(2)14(19)17-8-7-16-13-6-3-10-9-11(15)4-5-12(10)13/h4-5,9,13,16H,3,6-8H2,1-2H3,(H,17,19). The number of rotatable bonds is 4. The van der Waals surface area contributed by atoms with Crippen LogP contribution in [-0.4, -0.2) is 38.1 Å². The molecule has 2 N–H and O–H groups in total. The van der Waals surface area contributed by atoms with Gasteiger partial charge in [-0.2, -0.15) is 0 Å². The number of hydrogen-bond acceptors (Lipinski definition) is 2. The van der Waals surface area contributed by atoms with Crippen molar-refractivity contribution >= 4 is 6.03 Å². The Balaban J connectivity index is 1.79. The highest BCUT2D eigenvalue weighted by Gasteiger charge is 2.21. The van der Waals surface area contributed by atoms with E-state index in [1.54, 1.807) is 20.2 Å². The van der Waals surface area contributed by atoms with E-state index in [0.717, 1.165) is 18.4 Å². The SMILES string of the molecule is CN(C)C(=O)NCCNC1CCc2cc(F)ccc21. The molecule has 4 nitrogen and oxygen atoms in total. The van der Waals surface area contributed by atoms with Gasteiger partial charge in [0.25, 0.3) is 0 Å². The second-order valence-electron chi connectivity index (χ2n) is 5.01. The Morgan fingerprint density at radius 2 is 2.21 bits per heavy atom. The van der Waals surface area contributed by atoms with Crippen LogP contribution in [0.5, 0.6) is 0 Å². The first-order chi connectivity index (χ1) is 9.08. The molecule has 104 valence electrons. The second-order valence-corrected chi connectivity index (χ2v) is 5.01. The molecule has 0 aromatic heterocycles. The van der Waals surface area contributed by atoms with Crippen LogP contribution in [0.15, 0.2) is 18.2 Å². The van der Waals surface area contributed by atoms with Crippen molar-refractivity contribution in [3.05, 3.63) is 35.1 Å². The topological polar surface area (TPSA) is 44.4 Å². The summed E-state index contributed by atoms with van der Waals surface area (Å²) in [5, 5.41) is 6.20. The maximum atomic E-state index is 13.1. The summed E-state index contributed by atoms with van der Waals surface area (Å²) in [5.41, 5.74) is 2.27. The van der Waals surface area contributed by atoms with Gasteiger partial charge in [-0.1, -0.05) is 6.07 Å². The van der Waals surface area contributed by atoms with E-state index < -0.39 is 0 Å². The van der Waals surface area contributed by atoms with Gasteiger partial charge in [-0.3, -0.25) is 0 Å². The first kappa shape index (κ1) is 13.8. The van der Waals surface area contributed by atoms with Crippen LogP contribution in [0, 0.1) is 5.82 Å². The highest BCUT2D eigenvalue weighted by atomic mass is 19.1. The maximum absolute atomic E-state index is 13.1. The molecule has 5 heteroatoms. The summed E-state index contributed by atoms with van der Waals surface area (Å²) in [4.78, 5) is 12.8. The summed E-state index contributed by atoms with van der Waals surface area (Å²) in [5.74, 6) is -0.169. The predicted octanol–water partition coefficient (Wildman–Crippen LogP) is 1.67. The number of fused-ring (bicyclic) bond motifs is 1. The number of aryl methyl sites for hydroxylation is 1. The molecule has 1 atom stereocenters. The van der Waals surface area contributed by atoms with Gasteiger partial charge >= 0.3 is 6.03 Å². The van der Waals surface area contributed by atoms with Gasteiger partial charge in [0.15, 0.2) is 0 Å². The van der Waals surface area contributed by atoms with Crippen LogP contribution in [0.25, 0.3) is 0 Å². The Morgan fingerprint density at radius 1 is 1.42 bits per heavy atom. The van der Waals surface area contributed by atoms with E-state index in [1.807, 2.05) is 6.07 Å². The highest BCUT2D eigenvalue weighted by Crippen LogP contribution is 2.31. The molecule has 1 aliphatic rings. The molecule has 0 heterocycles. The van der Waals surface area contributed by atoms with E-state index in [4.69, 9.17) is 0 Å². The first-order valence-electron chi connectivity index (χ1n) is 6.55. The summed E-state index contributed by atoms with van der Waals surface area (Å²) in [6, 6.07) is 5.16. The fourth-order valence-electron chi connectivity index (χ4n) is 2.37. The zero-order valence-electron chi connectivity index (χ0n) is 11.4. The van der Waals surface area contributed by atoms with Crippen molar-refractivity contribution < 1.29 is 9.18 Å². The monoisotopic (exact) mass is 265 g/mol. The smallest absolute Gasteiger partial charge is 0.316 e. The average Bonchev–Trinajstić information content (AvgIpc) is 2.76. The Morgan fingerprint density at radius 3 is 2.95 bits per heavy atom. The number of nitrogens with one attached hydrogen (secondary N) is 2. The third-order valence-corrected chi connectivity index (χ3v) is 3.38. The van der Waals surface area contributed by atoms with Crippen LogP contribution >= 0.6 is 0 Å². The summed E-state index contributed by atoms with van der Waals surface area (Å²) in [6.45, 7) is 1.30. The van der Waals surface area contributed by atoms with Gasteiger partial charge in [-0.15, -0.1) is 0 Å². The number of carbonyl (C=O) groups excluding carboxylic acids is 1. The fourth-order valence-corrected chi connectivity index (χ4v) is 2.37. The number of halogens is 1. The average molecular weight is 265 g/mol. The maximum Gasteiger partial charge on any atom is 0.316 e. The van der Waals surface area contributed by atoms with Gasteiger partial charge in [0.2, 0.25) is 0 Å². The molecule has 2 amide bonds. The minimum Gasteiger partial charge on any atom is -0.337 e. The van der Waals surface area contributed by atoms with Crippen LogP contribution in [0.4, 0.5) is 9.18 Å². The molecular formula is C14H20FN3O. The Hall–Kier alpha value is -1.62. The van der Waals surface area contributed by atoms with Crippen molar-refractivity contribution in [1.82, 2.24) is 15.5 Å². The van der Waals surface area contributed by atoms with Crippen molar-refractivity contribution in [2.45, 2.75) is 18.9 Å². The fraction of sp³-hybridized carbons (Fsp3) is 0.500. The van der Waals surface area contributed by atoms with Crippen LogP contribution in [-0.2, 0) is 6.42 Å². The summed E-state index contributed by atoms with van der Waals surface area (Å²) in [7, 11) is 3.43. The lowest BCUT2D eigenvalue weighted by atomic mass is 10.1. The van der Waals surface area contributed by atoms with E-state index in [2.05, 4.69) is 10.6 Å². The Bertz CT molecular complexity index is 462. The zero-order chi connectivity index (χ0) is 13.8. The van der Waals surface area contributed by atoms with E-state index in [9.17, 15) is 9.18 Å². The molecule has 0 saturated heterocycles. The summed E-state index contributed by atoms with van der Waals surface area (Å²) >= 11 is 0. The number of hydrogen-bond donors (Lipinski definition) is 2. The molecule has 1 aliphatic carbocycles. The van der Waals surface area contributed by atoms with Gasteiger partial charge < -0.3 is 15.5 Å². The molecule has 2 rings (SSSR count). The second kappa shape index (κ2) is 6.02. The van der Waals surface area contributed by atoms with Crippen LogP contribution < -0.4 is 10.6 Å². The molecule has 1 aromatic rings. The lowest BCUT2D eigenvalue weighted by Gasteiger charge is -2.16. The molecule has 0 fully saturated rings. The predicted molar refractivity (Wildman–Crippen MR) is 72.6 cm³/mol. The molecular weight excluding hydrogens is 245 g/mol. The molecule has 1 unspecified atom stereocenters. The van der Waals surface area contributed by atoms with Gasteiger partial charge in [-0.25, -0.2) is 9.18 Å². The number of nitrogens with zero attached hydrogens (tertiary/aromatic N) is 1. The van der Waals surface area contributed by atoms with Crippen molar-refractivity contribution in [2.75, 3.05) is 27.2 Å².